The van der Waals surface area contributed by atoms with E-state index >= 15 is 0 Å². The number of piperazine rings is 1. The molecule has 1 aromatic rings. The van der Waals surface area contributed by atoms with Crippen molar-refractivity contribution in [2.24, 2.45) is 0 Å². The minimum absolute atomic E-state index is 0.0209. The molecule has 1 fully saturated rings. The van der Waals surface area contributed by atoms with Crippen LogP contribution in [-0.2, 0) is 4.79 Å². The number of hydrogen-bond donors (Lipinski definition) is 2. The van der Waals surface area contributed by atoms with Gasteiger partial charge in [-0.25, -0.2) is 4.39 Å². The van der Waals surface area contributed by atoms with Gasteiger partial charge >= 0.3 is 0 Å². The van der Waals surface area contributed by atoms with E-state index in [1.807, 2.05) is 6.92 Å². The predicted octanol–water partition coefficient (Wildman–Crippen LogP) is 0.613. The van der Waals surface area contributed by atoms with Crippen LogP contribution in [0.4, 0.5) is 4.39 Å². The first kappa shape index (κ1) is 16.9. The number of halogens is 1. The molecule has 0 radical (unpaired) electrons. The van der Waals surface area contributed by atoms with Crippen LogP contribution in [-0.4, -0.2) is 66.7 Å². The summed E-state index contributed by atoms with van der Waals surface area (Å²) in [6.07, 6.45) is 0. The van der Waals surface area contributed by atoms with Gasteiger partial charge in [0.1, 0.15) is 5.82 Å². The predicted molar refractivity (Wildman–Crippen MR) is 82.9 cm³/mol. The van der Waals surface area contributed by atoms with Crippen molar-refractivity contribution in [1.29, 1.82) is 0 Å². The Morgan fingerprint density at radius 3 is 2.41 bits per heavy atom. The van der Waals surface area contributed by atoms with Gasteiger partial charge in [-0.15, -0.1) is 0 Å². The molecule has 2 N–H and O–H groups in total. The van der Waals surface area contributed by atoms with Gasteiger partial charge < -0.3 is 10.4 Å². The normalized spacial score (nSPS) is 18.1. The molecular weight excluding hydrogens is 285 g/mol. The Kier molecular flexibility index (Phi) is 6.30. The molecule has 6 heteroatoms. The molecule has 0 unspecified atom stereocenters. The van der Waals surface area contributed by atoms with Gasteiger partial charge in [0, 0.05) is 32.7 Å². The number of rotatable bonds is 6. The summed E-state index contributed by atoms with van der Waals surface area (Å²) in [4.78, 5) is 16.4. The van der Waals surface area contributed by atoms with Gasteiger partial charge in [0.15, 0.2) is 0 Å². The molecule has 122 valence electrons. The molecule has 1 aliphatic heterocycles. The highest BCUT2D eigenvalue weighted by Gasteiger charge is 2.19. The van der Waals surface area contributed by atoms with Crippen molar-refractivity contribution < 1.29 is 14.3 Å². The van der Waals surface area contributed by atoms with Gasteiger partial charge in [-0.2, -0.15) is 0 Å². The van der Waals surface area contributed by atoms with Crippen LogP contribution in [0.3, 0.4) is 0 Å². The highest BCUT2D eigenvalue weighted by molar-refractivity contribution is 5.78. The van der Waals surface area contributed by atoms with Gasteiger partial charge in [0.25, 0.3) is 0 Å². The van der Waals surface area contributed by atoms with Gasteiger partial charge in [-0.05, 0) is 24.6 Å². The fourth-order valence-electron chi connectivity index (χ4n) is 2.64. The van der Waals surface area contributed by atoms with Gasteiger partial charge in [0.05, 0.1) is 19.2 Å². The van der Waals surface area contributed by atoms with Gasteiger partial charge in [-0.1, -0.05) is 12.1 Å². The second-order valence-electron chi connectivity index (χ2n) is 5.68. The summed E-state index contributed by atoms with van der Waals surface area (Å²) in [6, 6.07) is 6.04. The Bertz CT molecular complexity index is 473. The molecule has 1 atom stereocenters. The van der Waals surface area contributed by atoms with E-state index in [4.69, 9.17) is 5.11 Å². The molecule has 0 aliphatic carbocycles. The summed E-state index contributed by atoms with van der Waals surface area (Å²) in [6.45, 7) is 6.56. The highest BCUT2D eigenvalue weighted by Crippen LogP contribution is 2.12. The maximum atomic E-state index is 12.9. The number of hydrogen-bond acceptors (Lipinski definition) is 4. The Morgan fingerprint density at radius 2 is 1.82 bits per heavy atom. The second kappa shape index (κ2) is 8.22. The molecule has 22 heavy (non-hydrogen) atoms. The lowest BCUT2D eigenvalue weighted by molar-refractivity contribution is -0.123. The number of nitrogens with zero attached hydrogens (tertiary/aromatic N) is 2. The molecule has 0 aromatic heterocycles. The zero-order chi connectivity index (χ0) is 15.9. The van der Waals surface area contributed by atoms with E-state index in [1.54, 1.807) is 12.1 Å². The number of β-amino-alcohol motifs (C(OH)–C–C–N with tert-alkyl or cyclic N) is 1. The summed E-state index contributed by atoms with van der Waals surface area (Å²) in [5, 5.41) is 11.9. The van der Waals surface area contributed by atoms with Crippen molar-refractivity contribution in [1.82, 2.24) is 15.1 Å². The third-order valence-electron chi connectivity index (χ3n) is 4.00. The average molecular weight is 309 g/mol. The minimum Gasteiger partial charge on any atom is -0.395 e. The third-order valence-corrected chi connectivity index (χ3v) is 4.00. The molecule has 1 saturated heterocycles. The number of amides is 1. The maximum Gasteiger partial charge on any atom is 0.234 e. The second-order valence-corrected chi connectivity index (χ2v) is 5.68. The molecule has 1 aromatic carbocycles. The maximum absolute atomic E-state index is 12.9. The molecule has 0 saturated carbocycles. The van der Waals surface area contributed by atoms with E-state index in [1.165, 1.54) is 12.1 Å². The van der Waals surface area contributed by atoms with E-state index in [9.17, 15) is 9.18 Å². The van der Waals surface area contributed by atoms with Crippen molar-refractivity contribution in [2.75, 3.05) is 45.9 Å². The summed E-state index contributed by atoms with van der Waals surface area (Å²) < 4.78 is 12.9. The van der Waals surface area contributed by atoms with Crippen molar-refractivity contribution in [3.8, 4) is 0 Å². The zero-order valence-corrected chi connectivity index (χ0v) is 13.0. The fourth-order valence-corrected chi connectivity index (χ4v) is 2.64. The molecule has 1 heterocycles. The van der Waals surface area contributed by atoms with Crippen molar-refractivity contribution >= 4 is 5.91 Å². The van der Waals surface area contributed by atoms with Crippen LogP contribution in [0.15, 0.2) is 24.3 Å². The molecule has 1 aliphatic rings. The first-order valence-corrected chi connectivity index (χ1v) is 7.69. The molecular formula is C16H24FN3O2. The Balaban J connectivity index is 1.75. The first-order valence-electron chi connectivity index (χ1n) is 7.69. The Morgan fingerprint density at radius 1 is 1.23 bits per heavy atom. The third kappa shape index (κ3) is 5.05. The summed E-state index contributed by atoms with van der Waals surface area (Å²) in [5.41, 5.74) is 0.891. The molecule has 0 spiro atoms. The topological polar surface area (TPSA) is 55.8 Å². The lowest BCUT2D eigenvalue weighted by Crippen LogP contribution is -2.50. The first-order chi connectivity index (χ1) is 10.6. The fraction of sp³-hybridized carbons (Fsp3) is 0.562. The van der Waals surface area contributed by atoms with Gasteiger partial charge in [0.2, 0.25) is 5.91 Å². The van der Waals surface area contributed by atoms with Crippen LogP contribution in [0.2, 0.25) is 0 Å². The number of carbonyl (C=O) groups excluding carboxylic acids is 1. The van der Waals surface area contributed by atoms with Crippen LogP contribution in [0.1, 0.15) is 18.5 Å². The van der Waals surface area contributed by atoms with Crippen LogP contribution in [0, 0.1) is 5.82 Å². The number of benzene rings is 1. The van der Waals surface area contributed by atoms with Gasteiger partial charge in [-0.3, -0.25) is 14.6 Å². The number of aliphatic hydroxyl groups excluding tert-OH is 1. The smallest absolute Gasteiger partial charge is 0.234 e. The number of carbonyl (C=O) groups is 1. The number of aliphatic hydroxyl groups is 1. The van der Waals surface area contributed by atoms with E-state index in [-0.39, 0.29) is 24.4 Å². The molecule has 5 nitrogen and oxygen atoms in total. The van der Waals surface area contributed by atoms with E-state index in [2.05, 4.69) is 15.1 Å². The molecule has 2 rings (SSSR count). The Hall–Kier alpha value is -1.50. The Labute approximate surface area is 130 Å². The quantitative estimate of drug-likeness (QED) is 0.808. The van der Waals surface area contributed by atoms with Crippen LogP contribution < -0.4 is 5.32 Å². The van der Waals surface area contributed by atoms with E-state index < -0.39 is 0 Å². The summed E-state index contributed by atoms with van der Waals surface area (Å²) in [7, 11) is 0. The summed E-state index contributed by atoms with van der Waals surface area (Å²) in [5.74, 6) is -0.296. The van der Waals surface area contributed by atoms with Crippen LogP contribution in [0.5, 0.6) is 0 Å². The van der Waals surface area contributed by atoms with Crippen molar-refractivity contribution in [3.05, 3.63) is 35.6 Å². The minimum atomic E-state index is -0.275. The zero-order valence-electron chi connectivity index (χ0n) is 13.0. The standard InChI is InChI=1S/C16H24FN3O2/c1-13(14-2-4-15(17)5-3-14)18-16(22)12-20-8-6-19(7-9-20)10-11-21/h2-5,13,21H,6-12H2,1H3,(H,18,22)/t13-/m0/s1. The molecule has 1 amide bonds. The largest absolute Gasteiger partial charge is 0.395 e. The van der Waals surface area contributed by atoms with E-state index in [0.717, 1.165) is 31.7 Å². The lowest BCUT2D eigenvalue weighted by Gasteiger charge is -2.34. The highest BCUT2D eigenvalue weighted by atomic mass is 19.1. The lowest BCUT2D eigenvalue weighted by atomic mass is 10.1. The van der Waals surface area contributed by atoms with Crippen LogP contribution in [0.25, 0.3) is 0 Å². The van der Waals surface area contributed by atoms with Crippen molar-refractivity contribution in [2.45, 2.75) is 13.0 Å². The summed E-state index contributed by atoms with van der Waals surface area (Å²) >= 11 is 0. The number of nitrogens with one attached hydrogen (secondary N) is 1. The van der Waals surface area contributed by atoms with E-state index in [0.29, 0.717) is 13.1 Å². The van der Waals surface area contributed by atoms with Crippen LogP contribution >= 0.6 is 0 Å². The molecule has 0 bridgehead atoms. The monoisotopic (exact) mass is 309 g/mol. The SMILES string of the molecule is C[C@H](NC(=O)CN1CCN(CCO)CC1)c1ccc(F)cc1. The van der Waals surface area contributed by atoms with Crippen molar-refractivity contribution in [3.63, 3.8) is 0 Å². The average Bonchev–Trinajstić information content (AvgIpc) is 2.50.